The molecule has 7 heteroatoms. The fourth-order valence-electron chi connectivity index (χ4n) is 2.31. The average molecular weight is 375 g/mol. The molecule has 2 amide bonds. The van der Waals surface area contributed by atoms with Gasteiger partial charge >= 0.3 is 0 Å². The first-order chi connectivity index (χ1) is 12.3. The zero-order valence-electron chi connectivity index (χ0n) is 15.3. The minimum atomic E-state index is -0.674. The van der Waals surface area contributed by atoms with Gasteiger partial charge in [0.05, 0.1) is 11.9 Å². The van der Waals surface area contributed by atoms with Gasteiger partial charge in [0, 0.05) is 24.7 Å². The summed E-state index contributed by atoms with van der Waals surface area (Å²) in [5.41, 5.74) is 1.02. The van der Waals surface area contributed by atoms with Gasteiger partial charge in [-0.05, 0) is 42.3 Å². The van der Waals surface area contributed by atoms with E-state index in [0.29, 0.717) is 16.3 Å². The molecule has 0 spiro atoms. The van der Waals surface area contributed by atoms with Crippen molar-refractivity contribution in [2.45, 2.75) is 19.9 Å². The predicted octanol–water partition coefficient (Wildman–Crippen LogP) is 3.19. The number of benzene rings is 1. The Kier molecular flexibility index (Phi) is 6.58. The van der Waals surface area contributed by atoms with Crippen LogP contribution in [0.4, 0.5) is 11.5 Å². The molecule has 1 atom stereocenters. The first-order valence-electron chi connectivity index (χ1n) is 8.28. The lowest BCUT2D eigenvalue weighted by molar-refractivity contribution is -0.118. The Morgan fingerprint density at radius 2 is 1.73 bits per heavy atom. The number of carbonyl (C=O) groups is 2. The highest BCUT2D eigenvalue weighted by Gasteiger charge is 2.25. The van der Waals surface area contributed by atoms with E-state index in [2.05, 4.69) is 15.6 Å². The molecule has 0 saturated heterocycles. The summed E-state index contributed by atoms with van der Waals surface area (Å²) in [6.45, 7) is 3.75. The lowest BCUT2D eigenvalue weighted by Gasteiger charge is -2.22. The molecular weight excluding hydrogens is 352 g/mol. The topological polar surface area (TPSA) is 74.3 Å². The number of carbonyl (C=O) groups excluding carboxylic acids is 2. The Morgan fingerprint density at radius 1 is 1.08 bits per heavy atom. The molecule has 1 aromatic heterocycles. The van der Waals surface area contributed by atoms with Gasteiger partial charge in [0.25, 0.3) is 5.91 Å². The van der Waals surface area contributed by atoms with Gasteiger partial charge in [0.15, 0.2) is 0 Å². The molecule has 26 heavy (non-hydrogen) atoms. The zero-order chi connectivity index (χ0) is 19.3. The van der Waals surface area contributed by atoms with Gasteiger partial charge in [0.1, 0.15) is 11.9 Å². The highest BCUT2D eigenvalue weighted by atomic mass is 35.5. The molecule has 0 fully saturated rings. The van der Waals surface area contributed by atoms with E-state index in [1.54, 1.807) is 36.5 Å². The molecule has 0 radical (unpaired) electrons. The second-order valence-electron chi connectivity index (χ2n) is 6.49. The number of hydrogen-bond donors (Lipinski definition) is 2. The minimum Gasteiger partial charge on any atom is -0.363 e. The first kappa shape index (κ1) is 19.7. The maximum Gasteiger partial charge on any atom is 0.251 e. The minimum absolute atomic E-state index is 0.0831. The number of rotatable bonds is 6. The third kappa shape index (κ3) is 5.20. The van der Waals surface area contributed by atoms with Crippen LogP contribution >= 0.6 is 11.6 Å². The summed E-state index contributed by atoms with van der Waals surface area (Å²) >= 11 is 5.84. The van der Waals surface area contributed by atoms with Crippen molar-refractivity contribution < 1.29 is 9.59 Å². The molecule has 2 aromatic rings. The lowest BCUT2D eigenvalue weighted by Crippen LogP contribution is -2.47. The Hall–Kier alpha value is -2.60. The maximum absolute atomic E-state index is 12.6. The molecule has 2 N–H and O–H groups in total. The van der Waals surface area contributed by atoms with Gasteiger partial charge in [-0.25, -0.2) is 4.98 Å². The van der Waals surface area contributed by atoms with Crippen LogP contribution in [0.2, 0.25) is 5.02 Å². The smallest absolute Gasteiger partial charge is 0.251 e. The Bertz CT molecular complexity index is 758. The molecule has 138 valence electrons. The van der Waals surface area contributed by atoms with Gasteiger partial charge in [0.2, 0.25) is 5.91 Å². The molecule has 6 nitrogen and oxygen atoms in total. The highest BCUT2D eigenvalue weighted by Crippen LogP contribution is 2.14. The summed E-state index contributed by atoms with van der Waals surface area (Å²) in [6, 6.07) is 9.43. The third-order valence-electron chi connectivity index (χ3n) is 3.82. The lowest BCUT2D eigenvalue weighted by atomic mass is 10.0. The Labute approximate surface area is 158 Å². The van der Waals surface area contributed by atoms with Gasteiger partial charge in [-0.2, -0.15) is 0 Å². The Balaban J connectivity index is 2.07. The number of amides is 2. The van der Waals surface area contributed by atoms with Crippen molar-refractivity contribution in [2.75, 3.05) is 24.3 Å². The summed E-state index contributed by atoms with van der Waals surface area (Å²) in [5, 5.41) is 6.13. The van der Waals surface area contributed by atoms with Crippen molar-refractivity contribution in [3.05, 3.63) is 53.2 Å². The predicted molar refractivity (Wildman–Crippen MR) is 105 cm³/mol. The summed E-state index contributed by atoms with van der Waals surface area (Å²) in [7, 11) is 3.78. The van der Waals surface area contributed by atoms with E-state index in [1.165, 1.54) is 0 Å². The normalized spacial score (nSPS) is 11.8. The molecule has 1 aromatic carbocycles. The van der Waals surface area contributed by atoms with E-state index in [0.717, 1.165) is 5.82 Å². The SMILES string of the molecule is CC(C)C(NC(=O)c1ccc(Cl)cc1)C(=O)Nc1ccc(N(C)C)nc1. The summed E-state index contributed by atoms with van der Waals surface area (Å²) in [5.74, 6) is 0.0954. The molecule has 0 aliphatic carbocycles. The quantitative estimate of drug-likeness (QED) is 0.814. The summed E-state index contributed by atoms with van der Waals surface area (Å²) in [4.78, 5) is 31.1. The molecular formula is C19H23ClN4O2. The van der Waals surface area contributed by atoms with E-state index < -0.39 is 6.04 Å². The van der Waals surface area contributed by atoms with Gasteiger partial charge < -0.3 is 15.5 Å². The summed E-state index contributed by atoms with van der Waals surface area (Å²) in [6.07, 6.45) is 1.59. The standard InChI is InChI=1S/C19H23ClN4O2/c1-12(2)17(23-18(25)13-5-7-14(20)8-6-13)19(26)22-15-9-10-16(21-11-15)24(3)4/h5-12,17H,1-4H3,(H,22,26)(H,23,25). The van der Waals surface area contributed by atoms with Crippen LogP contribution in [0.25, 0.3) is 0 Å². The zero-order valence-corrected chi connectivity index (χ0v) is 16.0. The van der Waals surface area contributed by atoms with Crippen LogP contribution in [0.15, 0.2) is 42.6 Å². The fraction of sp³-hybridized carbons (Fsp3) is 0.316. The molecule has 0 bridgehead atoms. The van der Waals surface area contributed by atoms with Crippen LogP contribution < -0.4 is 15.5 Å². The number of hydrogen-bond acceptors (Lipinski definition) is 4. The number of nitrogens with one attached hydrogen (secondary N) is 2. The first-order valence-corrected chi connectivity index (χ1v) is 8.66. The molecule has 1 heterocycles. The number of anilines is 2. The van der Waals surface area contributed by atoms with Crippen LogP contribution in [-0.2, 0) is 4.79 Å². The fourth-order valence-corrected chi connectivity index (χ4v) is 2.43. The van der Waals surface area contributed by atoms with Gasteiger partial charge in [-0.1, -0.05) is 25.4 Å². The van der Waals surface area contributed by atoms with Crippen LogP contribution in [0.3, 0.4) is 0 Å². The van der Waals surface area contributed by atoms with E-state index in [1.807, 2.05) is 38.9 Å². The van der Waals surface area contributed by atoms with Crippen molar-refractivity contribution in [1.82, 2.24) is 10.3 Å². The number of aromatic nitrogens is 1. The number of nitrogens with zero attached hydrogens (tertiary/aromatic N) is 2. The molecule has 0 aliphatic heterocycles. The van der Waals surface area contributed by atoms with Crippen LogP contribution in [0, 0.1) is 5.92 Å². The third-order valence-corrected chi connectivity index (χ3v) is 4.07. The molecule has 2 rings (SSSR count). The van der Waals surface area contributed by atoms with Gasteiger partial charge in [-0.15, -0.1) is 0 Å². The maximum atomic E-state index is 12.6. The second kappa shape index (κ2) is 8.67. The Morgan fingerprint density at radius 3 is 2.23 bits per heavy atom. The average Bonchev–Trinajstić information content (AvgIpc) is 2.60. The van der Waals surface area contributed by atoms with Crippen LogP contribution in [-0.4, -0.2) is 36.9 Å². The monoisotopic (exact) mass is 374 g/mol. The number of pyridine rings is 1. The molecule has 1 unspecified atom stereocenters. The van der Waals surface area contributed by atoms with E-state index >= 15 is 0 Å². The van der Waals surface area contributed by atoms with E-state index in [9.17, 15) is 9.59 Å². The highest BCUT2D eigenvalue weighted by molar-refractivity contribution is 6.30. The van der Waals surface area contributed by atoms with Gasteiger partial charge in [-0.3, -0.25) is 9.59 Å². The number of halogens is 1. The van der Waals surface area contributed by atoms with Crippen LogP contribution in [0.1, 0.15) is 24.2 Å². The van der Waals surface area contributed by atoms with Crippen molar-refractivity contribution in [3.63, 3.8) is 0 Å². The molecule has 0 saturated carbocycles. The summed E-state index contributed by atoms with van der Waals surface area (Å²) < 4.78 is 0. The van der Waals surface area contributed by atoms with Crippen molar-refractivity contribution in [2.24, 2.45) is 5.92 Å². The van der Waals surface area contributed by atoms with Crippen molar-refractivity contribution >= 4 is 34.9 Å². The van der Waals surface area contributed by atoms with Crippen molar-refractivity contribution in [3.8, 4) is 0 Å². The van der Waals surface area contributed by atoms with E-state index in [-0.39, 0.29) is 17.7 Å². The van der Waals surface area contributed by atoms with Crippen LogP contribution in [0.5, 0.6) is 0 Å². The van der Waals surface area contributed by atoms with Crippen molar-refractivity contribution in [1.29, 1.82) is 0 Å². The molecule has 0 aliphatic rings. The second-order valence-corrected chi connectivity index (χ2v) is 6.93. The van der Waals surface area contributed by atoms with E-state index in [4.69, 9.17) is 11.6 Å². The largest absolute Gasteiger partial charge is 0.363 e.